The average molecular weight is 700 g/mol. The van der Waals surface area contributed by atoms with Crippen molar-refractivity contribution in [3.63, 3.8) is 0 Å². The quantitative estimate of drug-likeness (QED) is 0.142. The number of rotatable bonds is 12. The van der Waals surface area contributed by atoms with Crippen molar-refractivity contribution in [2.75, 3.05) is 6.61 Å². The molecular formula is C38H62NNaO9. The van der Waals surface area contributed by atoms with E-state index in [-0.39, 0.29) is 35.0 Å². The van der Waals surface area contributed by atoms with E-state index >= 15 is 0 Å². The Balaban J connectivity index is 0.00000541. The van der Waals surface area contributed by atoms with Gasteiger partial charge in [0.1, 0.15) is 24.3 Å². The van der Waals surface area contributed by atoms with Crippen LogP contribution < -0.4 is 40.0 Å². The number of aliphatic carboxylic acids is 1. The summed E-state index contributed by atoms with van der Waals surface area (Å²) in [5.41, 5.74) is 1.70. The van der Waals surface area contributed by atoms with Gasteiger partial charge >= 0.3 is 29.6 Å². The van der Waals surface area contributed by atoms with Crippen LogP contribution in [0.1, 0.15) is 119 Å². The Labute approximate surface area is 315 Å². The second kappa shape index (κ2) is 16.2. The molecule has 0 bridgehead atoms. The summed E-state index contributed by atoms with van der Waals surface area (Å²) in [6.07, 6.45) is 6.85. The minimum Gasteiger partial charge on any atom is -0.544 e. The molecule has 10 nitrogen and oxygen atoms in total. The molecule has 6 unspecified atom stereocenters. The fourth-order valence-electron chi connectivity index (χ4n) is 11.3. The van der Waals surface area contributed by atoms with Crippen LogP contribution in [-0.4, -0.2) is 81.3 Å². The van der Waals surface area contributed by atoms with E-state index in [1.54, 1.807) is 0 Å². The molecule has 0 aromatic carbocycles. The number of carboxylic acids is 1. The molecule has 3 saturated carbocycles. The standard InChI is InChI=1S/C38H63NO9.Na/c1-21(2)8-7-9-22(3)27-12-13-28-26-11-10-24-18-25(14-16-36(24,5)29(26)15-17-37(27,28)6)47-38(35(45)46)19-30(42)32(39-23(4)41)34(48-38)33(44)31(43)20-40;/h10,21-22,25-34,40,42-44H,7-9,11-20H2,1-6H3,(H,39,41)(H,45,46);/q;+1/p-1/t22-,25?,26?,27+,28-,29-,30?,31+,32?,33-,34?,36-,37+,38?;/m0./s1. The third-order valence-electron chi connectivity index (χ3n) is 13.8. The van der Waals surface area contributed by atoms with Crippen molar-refractivity contribution in [1.82, 2.24) is 5.32 Å². The number of allylic oxidation sites excluding steroid dienone is 1. The van der Waals surface area contributed by atoms with Gasteiger partial charge < -0.3 is 45.1 Å². The van der Waals surface area contributed by atoms with Gasteiger partial charge in [-0.25, -0.2) is 0 Å². The van der Waals surface area contributed by atoms with Crippen LogP contribution in [0, 0.1) is 46.3 Å². The van der Waals surface area contributed by atoms with Gasteiger partial charge in [0, 0.05) is 13.3 Å². The van der Waals surface area contributed by atoms with E-state index in [1.807, 2.05) is 0 Å². The fraction of sp³-hybridized carbons (Fsp3) is 0.895. The van der Waals surface area contributed by atoms with Crippen LogP contribution >= 0.6 is 0 Å². The zero-order chi connectivity index (χ0) is 35.2. The largest absolute Gasteiger partial charge is 1.00 e. The Hall–Kier alpha value is -0.560. The first-order chi connectivity index (χ1) is 22.6. The molecule has 5 rings (SSSR count). The minimum atomic E-state index is -2.41. The summed E-state index contributed by atoms with van der Waals surface area (Å²) in [5.74, 6) is -0.399. The SMILES string of the molecule is CC(=O)NC1C(O)CC(OC2CC[C@@]3(C)C(=CCC4[C@@H]5CC[C@H]([C@@H](C)CCCC(C)C)[C@@]5(C)CC[C@@H]43)C2)(C(=O)[O-])OC1[C@@H](O)[C@H](O)CO.[Na+]. The molecule has 14 atom stereocenters. The summed E-state index contributed by atoms with van der Waals surface area (Å²) in [5, 5.41) is 56.6. The van der Waals surface area contributed by atoms with Crippen LogP contribution in [-0.2, 0) is 19.1 Å². The van der Waals surface area contributed by atoms with E-state index < -0.39 is 67.3 Å². The molecule has 0 aromatic rings. The number of hydrogen-bond acceptors (Lipinski definition) is 9. The summed E-state index contributed by atoms with van der Waals surface area (Å²) in [6.45, 7) is 12.5. The van der Waals surface area contributed by atoms with Gasteiger partial charge in [-0.15, -0.1) is 0 Å². The van der Waals surface area contributed by atoms with E-state index in [1.165, 1.54) is 57.4 Å². The molecule has 49 heavy (non-hydrogen) atoms. The summed E-state index contributed by atoms with van der Waals surface area (Å²) in [6, 6.07) is -1.24. The number of hydrogen-bond donors (Lipinski definition) is 5. The van der Waals surface area contributed by atoms with Gasteiger partial charge in [-0.3, -0.25) is 4.79 Å². The maximum Gasteiger partial charge on any atom is 1.00 e. The maximum absolute atomic E-state index is 12.7. The number of carbonyl (C=O) groups is 2. The number of fused-ring (bicyclic) bond motifs is 5. The summed E-state index contributed by atoms with van der Waals surface area (Å²) in [7, 11) is 0. The van der Waals surface area contributed by atoms with Crippen molar-refractivity contribution < 1.29 is 74.2 Å². The molecule has 5 aliphatic rings. The number of amides is 1. The third kappa shape index (κ3) is 8.03. The predicted octanol–water partition coefficient (Wildman–Crippen LogP) is 0.232. The molecular weight excluding hydrogens is 637 g/mol. The van der Waals surface area contributed by atoms with E-state index in [0.29, 0.717) is 30.1 Å². The van der Waals surface area contributed by atoms with E-state index in [4.69, 9.17) is 9.47 Å². The smallest absolute Gasteiger partial charge is 0.544 e. The molecule has 4 aliphatic carbocycles. The molecule has 1 aliphatic heterocycles. The van der Waals surface area contributed by atoms with Gasteiger partial charge in [0.25, 0.3) is 0 Å². The first-order valence-corrected chi connectivity index (χ1v) is 18.7. The molecule has 1 saturated heterocycles. The summed E-state index contributed by atoms with van der Waals surface area (Å²) in [4.78, 5) is 24.6. The van der Waals surface area contributed by atoms with Crippen molar-refractivity contribution in [3.05, 3.63) is 11.6 Å². The number of carboxylic acid groups (broad SMARTS) is 1. The van der Waals surface area contributed by atoms with Crippen LogP contribution in [0.2, 0.25) is 0 Å². The van der Waals surface area contributed by atoms with Crippen LogP contribution in [0.4, 0.5) is 0 Å². The first-order valence-electron chi connectivity index (χ1n) is 18.7. The Morgan fingerprint density at radius 1 is 1.08 bits per heavy atom. The second-order valence-electron chi connectivity index (χ2n) is 17.1. The van der Waals surface area contributed by atoms with Crippen LogP contribution in [0.25, 0.3) is 0 Å². The van der Waals surface area contributed by atoms with Crippen molar-refractivity contribution >= 4 is 11.9 Å². The zero-order valence-corrected chi connectivity index (χ0v) is 33.0. The summed E-state index contributed by atoms with van der Waals surface area (Å²) >= 11 is 0. The normalized spacial score (nSPS) is 42.1. The Kier molecular flexibility index (Phi) is 13.6. The fourth-order valence-corrected chi connectivity index (χ4v) is 11.3. The number of aliphatic hydroxyl groups is 4. The van der Waals surface area contributed by atoms with Gasteiger partial charge in [0.15, 0.2) is 0 Å². The predicted molar refractivity (Wildman–Crippen MR) is 178 cm³/mol. The minimum absolute atomic E-state index is 0. The zero-order valence-electron chi connectivity index (χ0n) is 31.0. The van der Waals surface area contributed by atoms with Gasteiger partial charge in [-0.05, 0) is 97.7 Å². The van der Waals surface area contributed by atoms with Crippen LogP contribution in [0.5, 0.6) is 0 Å². The van der Waals surface area contributed by atoms with Gasteiger partial charge in [-0.2, -0.15) is 0 Å². The summed E-state index contributed by atoms with van der Waals surface area (Å²) < 4.78 is 12.1. The molecule has 274 valence electrons. The number of carbonyl (C=O) groups excluding carboxylic acids is 2. The average Bonchev–Trinajstić information content (AvgIpc) is 3.38. The third-order valence-corrected chi connectivity index (χ3v) is 13.8. The molecule has 1 heterocycles. The number of aliphatic hydroxyl groups excluding tert-OH is 4. The topological polar surface area (TPSA) is 169 Å². The molecule has 4 fully saturated rings. The number of nitrogens with one attached hydrogen (secondary N) is 1. The Morgan fingerprint density at radius 2 is 1.80 bits per heavy atom. The molecule has 0 radical (unpaired) electrons. The van der Waals surface area contributed by atoms with Crippen molar-refractivity contribution in [2.24, 2.45) is 46.3 Å². The Bertz CT molecular complexity index is 1200. The van der Waals surface area contributed by atoms with E-state index in [0.717, 1.165) is 36.5 Å². The van der Waals surface area contributed by atoms with Crippen LogP contribution in [0.3, 0.4) is 0 Å². The second-order valence-corrected chi connectivity index (χ2v) is 17.1. The Morgan fingerprint density at radius 3 is 2.43 bits per heavy atom. The molecule has 11 heteroatoms. The van der Waals surface area contributed by atoms with Gasteiger partial charge in [0.05, 0.1) is 24.9 Å². The van der Waals surface area contributed by atoms with E-state index in [2.05, 4.69) is 46.0 Å². The first kappa shape index (κ1) is 41.2. The van der Waals surface area contributed by atoms with E-state index in [9.17, 15) is 35.1 Å². The molecule has 0 spiro atoms. The van der Waals surface area contributed by atoms with Crippen LogP contribution in [0.15, 0.2) is 11.6 Å². The molecule has 1 amide bonds. The van der Waals surface area contributed by atoms with Gasteiger partial charge in [0.2, 0.25) is 11.7 Å². The maximum atomic E-state index is 12.7. The molecule has 5 N–H and O–H groups in total. The number of ether oxygens (including phenoxy) is 2. The van der Waals surface area contributed by atoms with Crippen molar-refractivity contribution in [1.29, 1.82) is 0 Å². The van der Waals surface area contributed by atoms with Gasteiger partial charge in [-0.1, -0.05) is 65.5 Å². The van der Waals surface area contributed by atoms with Crippen molar-refractivity contribution in [2.45, 2.75) is 161 Å². The molecule has 0 aromatic heterocycles. The monoisotopic (exact) mass is 699 g/mol. The van der Waals surface area contributed by atoms with Crippen molar-refractivity contribution in [3.8, 4) is 0 Å².